The van der Waals surface area contributed by atoms with Gasteiger partial charge >= 0.3 is 6.03 Å². The molecule has 1 unspecified atom stereocenters. The highest BCUT2D eigenvalue weighted by molar-refractivity contribution is 7.89. The molecular weight excluding hydrogens is 416 g/mol. The lowest BCUT2D eigenvalue weighted by molar-refractivity contribution is 0.102. The van der Waals surface area contributed by atoms with Gasteiger partial charge in [0, 0.05) is 42.6 Å². The van der Waals surface area contributed by atoms with Crippen LogP contribution in [0.5, 0.6) is 0 Å². The normalized spacial score (nSPS) is 19.8. The number of rotatable bonds is 5. The lowest BCUT2D eigenvalue weighted by Gasteiger charge is -2.32. The number of carbonyl (C=O) groups excluding carboxylic acids is 2. The number of nitrogens with one attached hydrogen (secondary N) is 2. The number of benzene rings is 2. The third kappa shape index (κ3) is 4.42. The van der Waals surface area contributed by atoms with E-state index in [1.54, 1.807) is 27.4 Å². The summed E-state index contributed by atoms with van der Waals surface area (Å²) in [5, 5.41) is 5.55. The number of piperidine rings is 1. The highest BCUT2D eigenvalue weighted by Gasteiger charge is 2.31. The summed E-state index contributed by atoms with van der Waals surface area (Å²) in [6, 6.07) is 12.9. The predicted octanol–water partition coefficient (Wildman–Crippen LogP) is 3.03. The highest BCUT2D eigenvalue weighted by Crippen LogP contribution is 2.26. The van der Waals surface area contributed by atoms with Crippen LogP contribution in [0.3, 0.4) is 0 Å². The van der Waals surface area contributed by atoms with Crippen molar-refractivity contribution in [2.75, 3.05) is 29.9 Å². The van der Waals surface area contributed by atoms with Crippen molar-refractivity contribution < 1.29 is 18.0 Å². The zero-order chi connectivity index (χ0) is 22.0. The molecule has 2 fully saturated rings. The van der Waals surface area contributed by atoms with Gasteiger partial charge in [0.1, 0.15) is 0 Å². The Kier molecular flexibility index (Phi) is 5.97. The van der Waals surface area contributed by atoms with Gasteiger partial charge in [-0.3, -0.25) is 9.69 Å². The van der Waals surface area contributed by atoms with Gasteiger partial charge in [0.05, 0.1) is 4.90 Å². The van der Waals surface area contributed by atoms with Crippen LogP contribution in [0.1, 0.15) is 36.5 Å². The van der Waals surface area contributed by atoms with Crippen molar-refractivity contribution in [2.45, 2.75) is 37.1 Å². The topological polar surface area (TPSA) is 98.8 Å². The summed E-state index contributed by atoms with van der Waals surface area (Å²) in [4.78, 5) is 26.3. The fraction of sp³-hybridized carbons (Fsp3) is 0.364. The first-order valence-corrected chi connectivity index (χ1v) is 11.9. The first-order valence-electron chi connectivity index (χ1n) is 10.4. The zero-order valence-electron chi connectivity index (χ0n) is 17.4. The fourth-order valence-corrected chi connectivity index (χ4v) is 5.71. The summed E-state index contributed by atoms with van der Waals surface area (Å²) in [6.07, 6.45) is 2.76. The van der Waals surface area contributed by atoms with Crippen molar-refractivity contribution in [3.05, 3.63) is 54.1 Å². The maximum absolute atomic E-state index is 12.9. The number of urea groups is 1. The van der Waals surface area contributed by atoms with Crippen LogP contribution in [0.4, 0.5) is 16.2 Å². The molecule has 0 bridgehead atoms. The molecule has 2 heterocycles. The second-order valence-corrected chi connectivity index (χ2v) is 9.76. The highest BCUT2D eigenvalue weighted by atomic mass is 32.2. The number of carbonyl (C=O) groups is 2. The Morgan fingerprint density at radius 3 is 2.55 bits per heavy atom. The van der Waals surface area contributed by atoms with E-state index in [1.807, 2.05) is 13.0 Å². The van der Waals surface area contributed by atoms with E-state index in [1.165, 1.54) is 24.3 Å². The number of hydrogen-bond acceptors (Lipinski definition) is 4. The Bertz CT molecular complexity index is 1080. The van der Waals surface area contributed by atoms with Gasteiger partial charge in [-0.25, -0.2) is 13.2 Å². The molecule has 0 aliphatic carbocycles. The Balaban J connectivity index is 1.47. The van der Waals surface area contributed by atoms with Gasteiger partial charge in [-0.1, -0.05) is 12.5 Å². The molecule has 0 spiro atoms. The molecule has 0 saturated carbocycles. The van der Waals surface area contributed by atoms with Crippen LogP contribution in [0.2, 0.25) is 0 Å². The van der Waals surface area contributed by atoms with E-state index in [9.17, 15) is 18.0 Å². The molecule has 0 aromatic heterocycles. The largest absolute Gasteiger partial charge is 0.336 e. The maximum Gasteiger partial charge on any atom is 0.321 e. The van der Waals surface area contributed by atoms with Crippen LogP contribution in [0, 0.1) is 0 Å². The van der Waals surface area contributed by atoms with Gasteiger partial charge in [0.25, 0.3) is 5.91 Å². The van der Waals surface area contributed by atoms with Gasteiger partial charge < -0.3 is 10.6 Å². The first kappa shape index (κ1) is 21.3. The van der Waals surface area contributed by atoms with Crippen molar-refractivity contribution in [2.24, 2.45) is 0 Å². The van der Waals surface area contributed by atoms with E-state index < -0.39 is 10.0 Å². The predicted molar refractivity (Wildman–Crippen MR) is 119 cm³/mol. The summed E-state index contributed by atoms with van der Waals surface area (Å²) in [7, 11) is -3.57. The van der Waals surface area contributed by atoms with Gasteiger partial charge in [-0.2, -0.15) is 4.31 Å². The van der Waals surface area contributed by atoms with E-state index in [0.29, 0.717) is 36.6 Å². The lowest BCUT2D eigenvalue weighted by Crippen LogP contribution is -2.41. The van der Waals surface area contributed by atoms with E-state index in [-0.39, 0.29) is 22.9 Å². The first-order chi connectivity index (χ1) is 14.9. The maximum atomic E-state index is 12.9. The molecule has 8 nitrogen and oxygen atoms in total. The van der Waals surface area contributed by atoms with Gasteiger partial charge in [0.15, 0.2) is 0 Å². The number of anilines is 2. The standard InChI is InChI=1S/C22H26N4O4S/c1-16-5-2-3-13-26(16)31(29,30)20-10-8-17(9-11-20)21(27)24-18-6-4-7-19(15-18)25-14-12-23-22(25)28/h4,6-11,15-16H,2-3,5,12-14H2,1H3,(H,23,28)(H,24,27). The smallest absolute Gasteiger partial charge is 0.321 e. The summed E-state index contributed by atoms with van der Waals surface area (Å²) < 4.78 is 27.4. The van der Waals surface area contributed by atoms with Gasteiger partial charge in [0.2, 0.25) is 10.0 Å². The summed E-state index contributed by atoms with van der Waals surface area (Å²) >= 11 is 0. The Hall–Kier alpha value is -2.91. The monoisotopic (exact) mass is 442 g/mol. The van der Waals surface area contributed by atoms with Crippen molar-refractivity contribution >= 4 is 33.3 Å². The molecule has 0 radical (unpaired) electrons. The molecule has 31 heavy (non-hydrogen) atoms. The SMILES string of the molecule is CC1CCCCN1S(=O)(=O)c1ccc(C(=O)Nc2cccc(N3CCNC3=O)c2)cc1. The zero-order valence-corrected chi connectivity index (χ0v) is 18.2. The summed E-state index contributed by atoms with van der Waals surface area (Å²) in [6.45, 7) is 3.61. The number of amides is 3. The molecule has 3 amide bonds. The fourth-order valence-electron chi connectivity index (χ4n) is 4.02. The molecular formula is C22H26N4O4S. The molecule has 1 atom stereocenters. The molecule has 2 N–H and O–H groups in total. The second-order valence-electron chi connectivity index (χ2n) is 7.87. The van der Waals surface area contributed by atoms with E-state index >= 15 is 0 Å². The van der Waals surface area contributed by atoms with E-state index in [2.05, 4.69) is 10.6 Å². The van der Waals surface area contributed by atoms with Crippen molar-refractivity contribution in [3.63, 3.8) is 0 Å². The number of nitrogens with zero attached hydrogens (tertiary/aromatic N) is 2. The van der Waals surface area contributed by atoms with Crippen LogP contribution in [-0.2, 0) is 10.0 Å². The Morgan fingerprint density at radius 1 is 1.10 bits per heavy atom. The van der Waals surface area contributed by atoms with Crippen molar-refractivity contribution in [1.82, 2.24) is 9.62 Å². The van der Waals surface area contributed by atoms with Crippen LogP contribution in [0.15, 0.2) is 53.4 Å². The minimum atomic E-state index is -3.57. The molecule has 2 saturated heterocycles. The minimum absolute atomic E-state index is 0.0216. The average molecular weight is 443 g/mol. The molecule has 2 aromatic carbocycles. The van der Waals surface area contributed by atoms with Crippen LogP contribution in [-0.4, -0.2) is 50.3 Å². The molecule has 164 valence electrons. The third-order valence-electron chi connectivity index (χ3n) is 5.74. The minimum Gasteiger partial charge on any atom is -0.336 e. The Morgan fingerprint density at radius 2 is 1.87 bits per heavy atom. The van der Waals surface area contributed by atoms with Crippen molar-refractivity contribution in [3.8, 4) is 0 Å². The van der Waals surface area contributed by atoms with Crippen molar-refractivity contribution in [1.29, 1.82) is 0 Å². The van der Waals surface area contributed by atoms with E-state index in [4.69, 9.17) is 0 Å². The van der Waals surface area contributed by atoms with Crippen LogP contribution >= 0.6 is 0 Å². The third-order valence-corrected chi connectivity index (χ3v) is 7.77. The second kappa shape index (κ2) is 8.68. The lowest BCUT2D eigenvalue weighted by atomic mass is 10.1. The summed E-state index contributed by atoms with van der Waals surface area (Å²) in [5.41, 5.74) is 1.61. The number of sulfonamides is 1. The number of hydrogen-bond donors (Lipinski definition) is 2. The van der Waals surface area contributed by atoms with Gasteiger partial charge in [-0.15, -0.1) is 0 Å². The van der Waals surface area contributed by atoms with E-state index in [0.717, 1.165) is 19.3 Å². The quantitative estimate of drug-likeness (QED) is 0.744. The molecule has 4 rings (SSSR count). The average Bonchev–Trinajstić information content (AvgIpc) is 3.20. The Labute approximate surface area is 182 Å². The van der Waals surface area contributed by atoms with Crippen LogP contribution < -0.4 is 15.5 Å². The summed E-state index contributed by atoms with van der Waals surface area (Å²) in [5.74, 6) is -0.349. The molecule has 2 aromatic rings. The van der Waals surface area contributed by atoms with Crippen LogP contribution in [0.25, 0.3) is 0 Å². The molecule has 9 heteroatoms. The molecule has 2 aliphatic heterocycles. The van der Waals surface area contributed by atoms with Gasteiger partial charge in [-0.05, 0) is 62.2 Å². The molecule has 2 aliphatic rings.